The van der Waals surface area contributed by atoms with Crippen LogP contribution >= 0.6 is 0 Å². The fraction of sp³-hybridized carbons (Fsp3) is 0.444. The van der Waals surface area contributed by atoms with Crippen molar-refractivity contribution in [3.63, 3.8) is 0 Å². The molecule has 3 rings (SSSR count). The molecule has 1 atom stereocenters. The van der Waals surface area contributed by atoms with E-state index in [1.807, 2.05) is 37.3 Å². The molecular formula is C18H22N2O3. The van der Waals surface area contributed by atoms with Gasteiger partial charge in [0.25, 0.3) is 5.91 Å². The molecule has 2 heterocycles. The largest absolute Gasteiger partial charge is 0.350 e. The Labute approximate surface area is 136 Å². The van der Waals surface area contributed by atoms with Crippen LogP contribution in [0.5, 0.6) is 0 Å². The van der Waals surface area contributed by atoms with Crippen molar-refractivity contribution < 1.29 is 14.3 Å². The van der Waals surface area contributed by atoms with E-state index in [2.05, 4.69) is 17.2 Å². The van der Waals surface area contributed by atoms with E-state index in [4.69, 9.17) is 9.47 Å². The van der Waals surface area contributed by atoms with E-state index in [9.17, 15) is 4.79 Å². The highest BCUT2D eigenvalue weighted by atomic mass is 16.7. The third-order valence-corrected chi connectivity index (χ3v) is 4.06. The lowest BCUT2D eigenvalue weighted by Crippen LogP contribution is -2.34. The molecule has 5 heteroatoms. The average molecular weight is 314 g/mol. The summed E-state index contributed by atoms with van der Waals surface area (Å²) in [6.07, 6.45) is 0.748. The molecule has 0 radical (unpaired) electrons. The van der Waals surface area contributed by atoms with Crippen LogP contribution in [0, 0.1) is 5.92 Å². The summed E-state index contributed by atoms with van der Waals surface area (Å²) in [6.45, 7) is 5.86. The van der Waals surface area contributed by atoms with Crippen LogP contribution in [0.3, 0.4) is 0 Å². The summed E-state index contributed by atoms with van der Waals surface area (Å²) in [5.74, 6) is -0.422. The molecule has 1 aromatic carbocycles. The van der Waals surface area contributed by atoms with Crippen molar-refractivity contribution in [3.8, 4) is 0 Å². The molecule has 0 bridgehead atoms. The van der Waals surface area contributed by atoms with Crippen molar-refractivity contribution in [2.75, 3.05) is 19.8 Å². The van der Waals surface area contributed by atoms with Gasteiger partial charge in [0.05, 0.1) is 18.7 Å². The van der Waals surface area contributed by atoms with Gasteiger partial charge >= 0.3 is 0 Å². The fourth-order valence-corrected chi connectivity index (χ4v) is 2.93. The summed E-state index contributed by atoms with van der Waals surface area (Å²) in [5.41, 5.74) is 1.27. The number of amides is 1. The lowest BCUT2D eigenvalue weighted by atomic mass is 10.0. The number of nitrogens with zero attached hydrogens (tertiary/aromatic N) is 1. The van der Waals surface area contributed by atoms with E-state index < -0.39 is 5.79 Å². The maximum Gasteiger partial charge on any atom is 0.269 e. The van der Waals surface area contributed by atoms with Gasteiger partial charge in [0, 0.05) is 18.4 Å². The average Bonchev–Trinajstić information content (AvgIpc) is 2.98. The van der Waals surface area contributed by atoms with Gasteiger partial charge in [0.2, 0.25) is 0 Å². The molecule has 1 aliphatic heterocycles. The maximum absolute atomic E-state index is 12.3. The lowest BCUT2D eigenvalue weighted by Gasteiger charge is -2.25. The molecule has 5 nitrogen and oxygen atoms in total. The van der Waals surface area contributed by atoms with Crippen LogP contribution in [0.15, 0.2) is 36.4 Å². The van der Waals surface area contributed by atoms with E-state index in [1.54, 1.807) is 6.07 Å². The highest BCUT2D eigenvalue weighted by molar-refractivity contribution is 5.94. The van der Waals surface area contributed by atoms with Gasteiger partial charge in [-0.25, -0.2) is 4.98 Å². The predicted molar refractivity (Wildman–Crippen MR) is 88.2 cm³/mol. The van der Waals surface area contributed by atoms with E-state index in [0.29, 0.717) is 25.5 Å². The van der Waals surface area contributed by atoms with Crippen LogP contribution < -0.4 is 5.32 Å². The molecule has 1 aliphatic rings. The summed E-state index contributed by atoms with van der Waals surface area (Å²) in [5, 5.41) is 3.97. The molecule has 2 aromatic rings. The standard InChI is InChI=1S/C18H22N2O3/c1-13(11-18(2)22-9-10-23-18)12-19-17(21)16-8-7-14-5-3-4-6-15(14)20-16/h3-8,13H,9-12H2,1-2H3,(H,19,21)/t13-/m0/s1. The Bertz CT molecular complexity index is 695. The van der Waals surface area contributed by atoms with E-state index in [0.717, 1.165) is 17.3 Å². The van der Waals surface area contributed by atoms with Crippen molar-refractivity contribution in [3.05, 3.63) is 42.1 Å². The highest BCUT2D eigenvalue weighted by Gasteiger charge is 2.32. The first-order valence-electron chi connectivity index (χ1n) is 7.98. The lowest BCUT2D eigenvalue weighted by molar-refractivity contribution is -0.153. The van der Waals surface area contributed by atoms with Gasteiger partial charge in [-0.1, -0.05) is 31.2 Å². The summed E-state index contributed by atoms with van der Waals surface area (Å²) in [6, 6.07) is 11.4. The van der Waals surface area contributed by atoms with E-state index in [1.165, 1.54) is 0 Å². The normalized spacial score (nSPS) is 18.0. The Kier molecular flexibility index (Phi) is 4.59. The number of nitrogens with one attached hydrogen (secondary N) is 1. The van der Waals surface area contributed by atoms with Crippen LogP contribution in [-0.2, 0) is 9.47 Å². The summed E-state index contributed by atoms with van der Waals surface area (Å²) < 4.78 is 11.2. The fourth-order valence-electron chi connectivity index (χ4n) is 2.93. The molecule has 0 aliphatic carbocycles. The number of aromatic nitrogens is 1. The maximum atomic E-state index is 12.3. The summed E-state index contributed by atoms with van der Waals surface area (Å²) >= 11 is 0. The smallest absolute Gasteiger partial charge is 0.269 e. The Hall–Kier alpha value is -1.98. The topological polar surface area (TPSA) is 60.5 Å². The Morgan fingerprint density at radius 2 is 2.00 bits per heavy atom. The van der Waals surface area contributed by atoms with E-state index in [-0.39, 0.29) is 11.8 Å². The van der Waals surface area contributed by atoms with Crippen LogP contribution in [-0.4, -0.2) is 36.4 Å². The summed E-state index contributed by atoms with van der Waals surface area (Å²) in [4.78, 5) is 16.7. The molecule has 1 aromatic heterocycles. The molecule has 23 heavy (non-hydrogen) atoms. The molecular weight excluding hydrogens is 292 g/mol. The Morgan fingerprint density at radius 1 is 1.26 bits per heavy atom. The van der Waals surface area contributed by atoms with Crippen molar-refractivity contribution in [1.29, 1.82) is 0 Å². The number of pyridine rings is 1. The van der Waals surface area contributed by atoms with Crippen LogP contribution in [0.1, 0.15) is 30.8 Å². The second kappa shape index (κ2) is 6.64. The van der Waals surface area contributed by atoms with Gasteiger partial charge in [-0.15, -0.1) is 0 Å². The molecule has 0 saturated carbocycles. The van der Waals surface area contributed by atoms with Gasteiger partial charge < -0.3 is 14.8 Å². The van der Waals surface area contributed by atoms with Gasteiger partial charge in [-0.3, -0.25) is 4.79 Å². The zero-order valence-electron chi connectivity index (χ0n) is 13.5. The minimum atomic E-state index is -0.522. The number of benzene rings is 1. The minimum Gasteiger partial charge on any atom is -0.350 e. The summed E-state index contributed by atoms with van der Waals surface area (Å²) in [7, 11) is 0. The molecule has 1 amide bonds. The van der Waals surface area contributed by atoms with Crippen molar-refractivity contribution >= 4 is 16.8 Å². The zero-order valence-corrected chi connectivity index (χ0v) is 13.5. The van der Waals surface area contributed by atoms with Gasteiger partial charge in [0.1, 0.15) is 5.69 Å². The zero-order chi connectivity index (χ0) is 16.3. The first kappa shape index (κ1) is 15.9. The number of hydrogen-bond acceptors (Lipinski definition) is 4. The second-order valence-electron chi connectivity index (χ2n) is 6.24. The SMILES string of the molecule is C[C@H](CNC(=O)c1ccc2ccccc2n1)CC1(C)OCCO1. The number of ether oxygens (including phenoxy) is 2. The Balaban J connectivity index is 1.57. The third kappa shape index (κ3) is 3.86. The Morgan fingerprint density at radius 3 is 2.78 bits per heavy atom. The first-order valence-corrected chi connectivity index (χ1v) is 7.98. The van der Waals surface area contributed by atoms with Crippen LogP contribution in [0.4, 0.5) is 0 Å². The van der Waals surface area contributed by atoms with Gasteiger partial charge in [0.15, 0.2) is 5.79 Å². The predicted octanol–water partition coefficient (Wildman–Crippen LogP) is 2.75. The number of carbonyl (C=O) groups is 1. The number of fused-ring (bicyclic) bond motifs is 1. The van der Waals surface area contributed by atoms with Crippen molar-refractivity contribution in [2.24, 2.45) is 5.92 Å². The highest BCUT2D eigenvalue weighted by Crippen LogP contribution is 2.26. The third-order valence-electron chi connectivity index (χ3n) is 4.06. The number of hydrogen-bond donors (Lipinski definition) is 1. The number of carbonyl (C=O) groups excluding carboxylic acids is 1. The van der Waals surface area contributed by atoms with Crippen LogP contribution in [0.25, 0.3) is 10.9 Å². The quantitative estimate of drug-likeness (QED) is 0.922. The molecule has 122 valence electrons. The van der Waals surface area contributed by atoms with E-state index >= 15 is 0 Å². The molecule has 1 saturated heterocycles. The van der Waals surface area contributed by atoms with Crippen LogP contribution in [0.2, 0.25) is 0 Å². The van der Waals surface area contributed by atoms with Gasteiger partial charge in [-0.2, -0.15) is 0 Å². The van der Waals surface area contributed by atoms with Crippen molar-refractivity contribution in [1.82, 2.24) is 10.3 Å². The number of para-hydroxylation sites is 1. The first-order chi connectivity index (χ1) is 11.1. The molecule has 0 unspecified atom stereocenters. The van der Waals surface area contributed by atoms with Crippen molar-refractivity contribution in [2.45, 2.75) is 26.1 Å². The second-order valence-corrected chi connectivity index (χ2v) is 6.24. The molecule has 1 fully saturated rings. The monoisotopic (exact) mass is 314 g/mol. The van der Waals surface area contributed by atoms with Gasteiger partial charge in [-0.05, 0) is 25.0 Å². The molecule has 0 spiro atoms. The minimum absolute atomic E-state index is 0.152. The number of rotatable bonds is 5. The molecule has 1 N–H and O–H groups in total.